The lowest BCUT2D eigenvalue weighted by Crippen LogP contribution is -2.36. The van der Waals surface area contributed by atoms with Gasteiger partial charge in [-0.1, -0.05) is 23.2 Å². The van der Waals surface area contributed by atoms with E-state index in [1.165, 1.54) is 13.0 Å². The number of anilines is 1. The molecule has 0 N–H and O–H groups in total. The molecular weight excluding hydrogens is 541 g/mol. The van der Waals surface area contributed by atoms with Gasteiger partial charge in [0.1, 0.15) is 22.9 Å². The first-order valence-corrected chi connectivity index (χ1v) is 10.5. The Morgan fingerprint density at radius 2 is 1.79 bits per heavy atom. The molecule has 186 valence electrons. The Kier molecular flexibility index (Phi) is 8.39. The summed E-state index contributed by atoms with van der Waals surface area (Å²) in [7, 11) is 1.12. The minimum atomic E-state index is -5.43. The second-order valence-electron chi connectivity index (χ2n) is 6.25. The highest BCUT2D eigenvalue weighted by Gasteiger charge is 2.52. The molecule has 0 saturated heterocycles. The number of hydrogen-bond acceptors (Lipinski definition) is 6. The predicted octanol–water partition coefficient (Wildman–Crippen LogP) is 4.97. The van der Waals surface area contributed by atoms with Crippen LogP contribution in [0.1, 0.15) is 25.1 Å². The number of aromatic nitrogens is 2. The van der Waals surface area contributed by atoms with Gasteiger partial charge in [-0.2, -0.15) is 23.5 Å². The van der Waals surface area contributed by atoms with E-state index in [1.54, 1.807) is 0 Å². The van der Waals surface area contributed by atoms with Crippen molar-refractivity contribution in [2.45, 2.75) is 36.7 Å². The third kappa shape index (κ3) is 5.70. The third-order valence-corrected chi connectivity index (χ3v) is 5.68. The van der Waals surface area contributed by atoms with Crippen molar-refractivity contribution in [3.8, 4) is 11.8 Å². The number of alkyl halides is 6. The summed E-state index contributed by atoms with van der Waals surface area (Å²) in [6, 6.07) is 2.10. The second kappa shape index (κ2) is 10.2. The van der Waals surface area contributed by atoms with Crippen LogP contribution in [-0.4, -0.2) is 39.1 Å². The van der Waals surface area contributed by atoms with Gasteiger partial charge in [0, 0.05) is 14.0 Å². The molecule has 2 atom stereocenters. The van der Waals surface area contributed by atoms with Crippen LogP contribution in [0.5, 0.6) is 0 Å². The van der Waals surface area contributed by atoms with Crippen LogP contribution in [0.15, 0.2) is 17.0 Å². The second-order valence-corrected chi connectivity index (χ2v) is 8.47. The zero-order chi connectivity index (χ0) is 26.2. The lowest BCUT2D eigenvalue weighted by Gasteiger charge is -2.25. The molecule has 8 nitrogen and oxygen atoms in total. The van der Waals surface area contributed by atoms with Gasteiger partial charge in [-0.3, -0.25) is 4.79 Å². The maximum absolute atomic E-state index is 13.4. The number of nitrogens with zero attached hydrogens (tertiary/aromatic N) is 4. The van der Waals surface area contributed by atoms with Crippen LogP contribution in [0.2, 0.25) is 10.0 Å². The third-order valence-electron chi connectivity index (χ3n) is 3.94. The van der Waals surface area contributed by atoms with Crippen LogP contribution in [0.3, 0.4) is 0 Å². The lowest BCUT2D eigenvalue weighted by molar-refractivity contribution is -0.148. The van der Waals surface area contributed by atoms with Crippen LogP contribution in [0.25, 0.3) is 5.69 Å². The van der Waals surface area contributed by atoms with Gasteiger partial charge in [0.05, 0.1) is 15.6 Å². The average Bonchev–Trinajstić information content (AvgIpc) is 3.07. The summed E-state index contributed by atoms with van der Waals surface area (Å²) < 4.78 is 96.9. The van der Waals surface area contributed by atoms with Crippen molar-refractivity contribution in [3.05, 3.63) is 33.4 Å². The number of hydroxylamine groups is 1. The van der Waals surface area contributed by atoms with Gasteiger partial charge in [-0.05, 0) is 19.1 Å². The van der Waals surface area contributed by atoms with Crippen LogP contribution < -0.4 is 5.06 Å². The van der Waals surface area contributed by atoms with Gasteiger partial charge < -0.3 is 9.29 Å². The SMILES string of the molecule is COC(C)ON(C(C)=O)c1c([S+]([O-])C(F)(F)F)c(C#N)nn1-c1c(Cl)cc(C(F)(F)F)cc1Cl. The first-order valence-electron chi connectivity index (χ1n) is 8.63. The summed E-state index contributed by atoms with van der Waals surface area (Å²) in [6.45, 7) is 2.07. The number of nitriles is 1. The van der Waals surface area contributed by atoms with Crippen molar-refractivity contribution in [1.29, 1.82) is 5.26 Å². The van der Waals surface area contributed by atoms with E-state index in [2.05, 4.69) is 5.10 Å². The summed E-state index contributed by atoms with van der Waals surface area (Å²) in [5, 5.41) is 11.6. The number of amides is 1. The van der Waals surface area contributed by atoms with Crippen molar-refractivity contribution >= 4 is 46.1 Å². The van der Waals surface area contributed by atoms with E-state index in [9.17, 15) is 41.0 Å². The van der Waals surface area contributed by atoms with Crippen molar-refractivity contribution < 1.29 is 45.3 Å². The Bertz CT molecular complexity index is 1110. The van der Waals surface area contributed by atoms with Crippen molar-refractivity contribution in [1.82, 2.24) is 9.78 Å². The number of halogens is 8. The highest BCUT2D eigenvalue weighted by atomic mass is 35.5. The molecule has 0 aliphatic heterocycles. The maximum atomic E-state index is 13.4. The van der Waals surface area contributed by atoms with Crippen molar-refractivity contribution in [2.75, 3.05) is 12.2 Å². The molecule has 0 bridgehead atoms. The predicted molar refractivity (Wildman–Crippen MR) is 106 cm³/mol. The number of ether oxygens (including phenoxy) is 1. The monoisotopic (exact) mass is 552 g/mol. The fourth-order valence-corrected chi connectivity index (χ4v) is 3.96. The fraction of sp³-hybridized carbons (Fsp3) is 0.353. The number of methoxy groups -OCH3 is 1. The molecule has 0 radical (unpaired) electrons. The van der Waals surface area contributed by atoms with Gasteiger partial charge in [-0.15, -0.1) is 18.3 Å². The molecule has 0 saturated carbocycles. The normalized spacial score (nSPS) is 14.0. The van der Waals surface area contributed by atoms with E-state index in [1.807, 2.05) is 0 Å². The minimum absolute atomic E-state index is 0.186. The molecule has 1 amide bonds. The van der Waals surface area contributed by atoms with Gasteiger partial charge in [0.2, 0.25) is 22.3 Å². The number of hydrogen-bond donors (Lipinski definition) is 0. The Hall–Kier alpha value is -2.22. The molecule has 2 aromatic rings. The molecule has 0 fully saturated rings. The van der Waals surface area contributed by atoms with Gasteiger partial charge in [0.15, 0.2) is 6.29 Å². The van der Waals surface area contributed by atoms with E-state index < -0.39 is 72.8 Å². The van der Waals surface area contributed by atoms with Gasteiger partial charge in [0.25, 0.3) is 0 Å². The zero-order valence-corrected chi connectivity index (χ0v) is 19.4. The summed E-state index contributed by atoms with van der Waals surface area (Å²) in [5.41, 5.74) is -8.46. The molecule has 2 unspecified atom stereocenters. The molecule has 1 heterocycles. The molecular formula is C17H12Cl2F6N4O4S. The highest BCUT2D eigenvalue weighted by Crippen LogP contribution is 2.43. The van der Waals surface area contributed by atoms with E-state index in [0.29, 0.717) is 16.8 Å². The topological polar surface area (TPSA) is 103 Å². The highest BCUT2D eigenvalue weighted by molar-refractivity contribution is 7.92. The zero-order valence-electron chi connectivity index (χ0n) is 17.1. The van der Waals surface area contributed by atoms with Crippen LogP contribution in [-0.2, 0) is 31.7 Å². The summed E-state index contributed by atoms with van der Waals surface area (Å²) in [5.74, 6) is -2.14. The molecule has 1 aromatic heterocycles. The fourth-order valence-electron chi connectivity index (χ4n) is 2.48. The summed E-state index contributed by atoms with van der Waals surface area (Å²) in [4.78, 5) is 16.1. The number of carbonyl (C=O) groups is 1. The lowest BCUT2D eigenvalue weighted by atomic mass is 10.2. The Labute approximate surface area is 200 Å². The van der Waals surface area contributed by atoms with Gasteiger partial charge >= 0.3 is 11.7 Å². The molecule has 2 rings (SSSR count). The molecule has 0 aliphatic carbocycles. The van der Waals surface area contributed by atoms with Crippen LogP contribution in [0.4, 0.5) is 32.2 Å². The van der Waals surface area contributed by atoms with Gasteiger partial charge in [-0.25, -0.2) is 9.52 Å². The average molecular weight is 553 g/mol. The smallest absolute Gasteiger partial charge is 0.578 e. The quantitative estimate of drug-likeness (QED) is 0.217. The van der Waals surface area contributed by atoms with Crippen molar-refractivity contribution in [3.63, 3.8) is 0 Å². The number of carbonyl (C=O) groups excluding carboxylic acids is 1. The largest absolute Gasteiger partial charge is 0.604 e. The van der Waals surface area contributed by atoms with E-state index in [4.69, 9.17) is 32.8 Å². The van der Waals surface area contributed by atoms with Crippen LogP contribution in [0, 0.1) is 11.3 Å². The van der Waals surface area contributed by atoms with E-state index in [-0.39, 0.29) is 5.06 Å². The number of benzene rings is 1. The first kappa shape index (κ1) is 28.0. The Morgan fingerprint density at radius 1 is 1.26 bits per heavy atom. The number of rotatable bonds is 6. The Balaban J connectivity index is 2.99. The molecule has 1 aromatic carbocycles. The minimum Gasteiger partial charge on any atom is -0.604 e. The maximum Gasteiger partial charge on any atom is 0.578 e. The molecule has 17 heteroatoms. The summed E-state index contributed by atoms with van der Waals surface area (Å²) in [6.07, 6.45) is -6.16. The van der Waals surface area contributed by atoms with E-state index in [0.717, 1.165) is 14.0 Å². The van der Waals surface area contributed by atoms with Crippen LogP contribution >= 0.6 is 23.2 Å². The molecule has 0 aliphatic rings. The standard InChI is InChI=1S/C17H12Cl2F6N4O4S/c1-7(30)29(33-8(2)32-3)15-14(34(31)17(23,24)25)12(6-26)27-28(15)13-10(18)4-9(5-11(13)19)16(20,21)22/h4-5,8H,1-3H3. The molecule has 0 spiro atoms. The van der Waals surface area contributed by atoms with E-state index >= 15 is 0 Å². The first-order chi connectivity index (χ1) is 15.5. The molecule has 34 heavy (non-hydrogen) atoms. The summed E-state index contributed by atoms with van der Waals surface area (Å²) >= 11 is 7.94. The van der Waals surface area contributed by atoms with Crippen molar-refractivity contribution in [2.24, 2.45) is 0 Å². The Morgan fingerprint density at radius 3 is 2.18 bits per heavy atom.